The molecule has 1 aliphatic rings. The van der Waals surface area contributed by atoms with Gasteiger partial charge in [-0.1, -0.05) is 135 Å². The van der Waals surface area contributed by atoms with Gasteiger partial charge in [-0.25, -0.2) is 0 Å². The molecule has 3 heteroatoms. The van der Waals surface area contributed by atoms with Crippen molar-refractivity contribution < 1.29 is 4.42 Å². The summed E-state index contributed by atoms with van der Waals surface area (Å²) in [5, 5.41) is 7.22. The van der Waals surface area contributed by atoms with Gasteiger partial charge in [0, 0.05) is 58.9 Å². The van der Waals surface area contributed by atoms with Crippen LogP contribution in [0, 0.1) is 0 Å². The fourth-order valence-electron chi connectivity index (χ4n) is 8.80. The summed E-state index contributed by atoms with van der Waals surface area (Å²) in [6.45, 7) is 4.69. The van der Waals surface area contributed by atoms with E-state index >= 15 is 0 Å². The Hall–Kier alpha value is -6.16. The minimum absolute atomic E-state index is 0.113. The first-order chi connectivity index (χ1) is 25.6. The van der Waals surface area contributed by atoms with Crippen molar-refractivity contribution in [2.75, 3.05) is 4.90 Å². The Balaban J connectivity index is 1.20. The third-order valence-electron chi connectivity index (χ3n) is 11.2. The molecule has 0 saturated carbocycles. The number of para-hydroxylation sites is 2. The summed E-state index contributed by atoms with van der Waals surface area (Å²) in [6, 6.07) is 59.6. The molecule has 0 fully saturated rings. The number of hydrogen-bond acceptors (Lipinski definition) is 3. The van der Waals surface area contributed by atoms with Crippen molar-refractivity contribution in [2.24, 2.45) is 0 Å². The summed E-state index contributed by atoms with van der Waals surface area (Å²) in [7, 11) is 0. The minimum atomic E-state index is -0.113. The molecule has 0 unspecified atom stereocenters. The summed E-state index contributed by atoms with van der Waals surface area (Å²) in [6.07, 6.45) is 0. The first-order valence-corrected chi connectivity index (χ1v) is 18.7. The molecule has 8 aromatic carbocycles. The van der Waals surface area contributed by atoms with Crippen LogP contribution in [-0.2, 0) is 5.41 Å². The van der Waals surface area contributed by atoms with Crippen LogP contribution >= 0.6 is 11.3 Å². The van der Waals surface area contributed by atoms with Gasteiger partial charge in [0.15, 0.2) is 5.58 Å². The van der Waals surface area contributed by atoms with Gasteiger partial charge in [-0.3, -0.25) is 0 Å². The van der Waals surface area contributed by atoms with E-state index in [4.69, 9.17) is 4.42 Å². The van der Waals surface area contributed by atoms with E-state index in [1.807, 2.05) is 11.3 Å². The number of furan rings is 1. The Morgan fingerprint density at radius 2 is 1.17 bits per heavy atom. The topological polar surface area (TPSA) is 16.4 Å². The molecule has 1 aliphatic carbocycles. The SMILES string of the molecule is CC1(C)c2ccccc2-c2ccc(N(c3ccccc3)c3cccc4c3oc3c(-c5cccc6c5sc5ccccc56)c5ccccc5cc34)cc21. The van der Waals surface area contributed by atoms with Crippen LogP contribution in [0.5, 0.6) is 0 Å². The summed E-state index contributed by atoms with van der Waals surface area (Å²) in [5.41, 5.74) is 12.6. The second-order valence-electron chi connectivity index (χ2n) is 14.5. The van der Waals surface area contributed by atoms with Crippen molar-refractivity contribution in [3.05, 3.63) is 175 Å². The van der Waals surface area contributed by atoms with Crippen LogP contribution in [0.15, 0.2) is 168 Å². The molecular formula is C49H33NOS. The van der Waals surface area contributed by atoms with Crippen molar-refractivity contribution in [1.82, 2.24) is 0 Å². The van der Waals surface area contributed by atoms with Crippen LogP contribution < -0.4 is 4.90 Å². The Bertz CT molecular complexity index is 3060. The molecule has 0 N–H and O–H groups in total. The Morgan fingerprint density at radius 1 is 0.481 bits per heavy atom. The zero-order valence-corrected chi connectivity index (χ0v) is 29.7. The number of benzene rings is 8. The summed E-state index contributed by atoms with van der Waals surface area (Å²) >= 11 is 1.86. The number of thiophene rings is 1. The maximum absolute atomic E-state index is 7.27. The van der Waals surface area contributed by atoms with Gasteiger partial charge in [-0.2, -0.15) is 0 Å². The lowest BCUT2D eigenvalue weighted by Crippen LogP contribution is -2.16. The van der Waals surface area contributed by atoms with E-state index in [-0.39, 0.29) is 5.41 Å². The van der Waals surface area contributed by atoms with Gasteiger partial charge >= 0.3 is 0 Å². The van der Waals surface area contributed by atoms with Crippen molar-refractivity contribution in [2.45, 2.75) is 19.3 Å². The third-order valence-corrected chi connectivity index (χ3v) is 12.5. The first kappa shape index (κ1) is 29.6. The molecule has 0 saturated heterocycles. The quantitative estimate of drug-likeness (QED) is 0.184. The molecule has 10 aromatic rings. The van der Waals surface area contributed by atoms with Gasteiger partial charge in [-0.05, 0) is 75.5 Å². The number of hydrogen-bond donors (Lipinski definition) is 0. The molecule has 0 spiro atoms. The van der Waals surface area contributed by atoms with Gasteiger partial charge in [-0.15, -0.1) is 11.3 Å². The zero-order valence-electron chi connectivity index (χ0n) is 28.9. The van der Waals surface area contributed by atoms with E-state index < -0.39 is 0 Å². The van der Waals surface area contributed by atoms with Gasteiger partial charge in [0.1, 0.15) is 5.58 Å². The van der Waals surface area contributed by atoms with Crippen LogP contribution in [0.1, 0.15) is 25.0 Å². The maximum Gasteiger partial charge on any atom is 0.159 e. The van der Waals surface area contributed by atoms with Crippen LogP contribution in [0.25, 0.3) is 75.1 Å². The molecule has 0 bridgehead atoms. The normalized spacial score (nSPS) is 13.3. The Kier molecular flexibility index (Phi) is 6.21. The maximum atomic E-state index is 7.27. The number of fused-ring (bicyclic) bond motifs is 10. The third kappa shape index (κ3) is 4.11. The van der Waals surface area contributed by atoms with Crippen LogP contribution in [0.4, 0.5) is 17.1 Å². The molecular weight excluding hydrogens is 651 g/mol. The molecule has 0 atom stereocenters. The highest BCUT2D eigenvalue weighted by molar-refractivity contribution is 7.26. The number of rotatable bonds is 4. The molecule has 0 radical (unpaired) electrons. The standard InChI is InChI=1S/C49H33NOS/c1-49(2)41-23-10-8-18-34(41)35-27-26-32(29-42(35)49)50(31-15-4-3-5-16-31)43-24-13-20-37-40-28-30-14-6-7-17-33(30)45(47(40)51-46(37)43)39-22-12-21-38-36-19-9-11-25-44(36)52-48(38)39/h3-29H,1-2H3. The van der Waals surface area contributed by atoms with Crippen LogP contribution in [-0.4, -0.2) is 0 Å². The predicted octanol–water partition coefficient (Wildman–Crippen LogP) is 14.6. The van der Waals surface area contributed by atoms with Gasteiger partial charge < -0.3 is 9.32 Å². The number of nitrogens with zero attached hydrogens (tertiary/aromatic N) is 1. The fourth-order valence-corrected chi connectivity index (χ4v) is 10.0. The molecule has 52 heavy (non-hydrogen) atoms. The number of anilines is 3. The fraction of sp³-hybridized carbons (Fsp3) is 0.0612. The average molecular weight is 684 g/mol. The largest absolute Gasteiger partial charge is 0.453 e. The zero-order chi connectivity index (χ0) is 34.6. The Morgan fingerprint density at radius 3 is 2.08 bits per heavy atom. The smallest absolute Gasteiger partial charge is 0.159 e. The lowest BCUT2D eigenvalue weighted by atomic mass is 9.82. The predicted molar refractivity (Wildman–Crippen MR) is 222 cm³/mol. The molecule has 246 valence electrons. The average Bonchev–Trinajstić information content (AvgIpc) is 3.83. The highest BCUT2D eigenvalue weighted by Gasteiger charge is 2.36. The van der Waals surface area contributed by atoms with Gasteiger partial charge in [0.05, 0.1) is 5.69 Å². The summed E-state index contributed by atoms with van der Waals surface area (Å²) < 4.78 is 9.86. The van der Waals surface area contributed by atoms with E-state index in [2.05, 4.69) is 183 Å². The monoisotopic (exact) mass is 683 g/mol. The Labute approximate surface area is 305 Å². The van der Waals surface area contributed by atoms with Gasteiger partial charge in [0.25, 0.3) is 0 Å². The minimum Gasteiger partial charge on any atom is -0.453 e. The van der Waals surface area contributed by atoms with E-state index in [0.717, 1.165) is 44.6 Å². The first-order valence-electron chi connectivity index (χ1n) is 17.9. The molecule has 2 heterocycles. The molecule has 11 rings (SSSR count). The highest BCUT2D eigenvalue weighted by Crippen LogP contribution is 2.52. The molecule has 0 aliphatic heterocycles. The summed E-state index contributed by atoms with van der Waals surface area (Å²) in [4.78, 5) is 2.37. The lowest BCUT2D eigenvalue weighted by molar-refractivity contribution is 0.660. The van der Waals surface area contributed by atoms with E-state index in [1.54, 1.807) is 0 Å². The molecule has 2 nitrogen and oxygen atoms in total. The molecule has 0 amide bonds. The van der Waals surface area contributed by atoms with E-state index in [9.17, 15) is 0 Å². The van der Waals surface area contributed by atoms with Crippen LogP contribution in [0.2, 0.25) is 0 Å². The van der Waals surface area contributed by atoms with Crippen molar-refractivity contribution in [3.63, 3.8) is 0 Å². The van der Waals surface area contributed by atoms with E-state index in [0.29, 0.717) is 0 Å². The van der Waals surface area contributed by atoms with E-state index in [1.165, 1.54) is 58.8 Å². The second kappa shape index (κ2) is 10.9. The van der Waals surface area contributed by atoms with Crippen LogP contribution in [0.3, 0.4) is 0 Å². The second-order valence-corrected chi connectivity index (χ2v) is 15.5. The van der Waals surface area contributed by atoms with Crippen molar-refractivity contribution >= 4 is 81.3 Å². The van der Waals surface area contributed by atoms with Gasteiger partial charge in [0.2, 0.25) is 0 Å². The lowest BCUT2D eigenvalue weighted by Gasteiger charge is -2.28. The van der Waals surface area contributed by atoms with Crippen molar-refractivity contribution in [1.29, 1.82) is 0 Å². The van der Waals surface area contributed by atoms with Crippen molar-refractivity contribution in [3.8, 4) is 22.3 Å². The highest BCUT2D eigenvalue weighted by atomic mass is 32.1. The molecule has 2 aromatic heterocycles. The summed E-state index contributed by atoms with van der Waals surface area (Å²) in [5.74, 6) is 0.